The van der Waals surface area contributed by atoms with E-state index in [1.807, 2.05) is 6.92 Å². The number of nitrogens with one attached hydrogen (secondary N) is 2. The molecule has 2 heterocycles. The van der Waals surface area contributed by atoms with Crippen LogP contribution in [0.15, 0.2) is 23.2 Å². The Balaban J connectivity index is 2.26. The molecule has 0 aliphatic carbocycles. The highest BCUT2D eigenvalue weighted by Crippen LogP contribution is 2.21. The van der Waals surface area contributed by atoms with Gasteiger partial charge in [-0.1, -0.05) is 0 Å². The summed E-state index contributed by atoms with van der Waals surface area (Å²) in [5.74, 6) is 0.433. The molecule has 0 spiro atoms. The molecule has 0 fully saturated rings. The highest BCUT2D eigenvalue weighted by Gasteiger charge is 2.23. The van der Waals surface area contributed by atoms with Crippen molar-refractivity contribution < 1.29 is 13.2 Å². The van der Waals surface area contributed by atoms with Crippen LogP contribution >= 0.6 is 0 Å². The molecule has 8 nitrogen and oxygen atoms in total. The molecule has 2 aromatic rings. The number of sulfonamides is 1. The van der Waals surface area contributed by atoms with E-state index < -0.39 is 10.0 Å². The first kappa shape index (κ1) is 15.3. The number of hydrogen-bond acceptors (Lipinski definition) is 6. The maximum atomic E-state index is 12.4. The van der Waals surface area contributed by atoms with Crippen molar-refractivity contribution in [1.29, 1.82) is 0 Å². The smallest absolute Gasteiger partial charge is 0.265 e. The summed E-state index contributed by atoms with van der Waals surface area (Å²) in [5.41, 5.74) is 6.56. The Morgan fingerprint density at radius 3 is 2.76 bits per heavy atom. The van der Waals surface area contributed by atoms with Crippen molar-refractivity contribution in [2.45, 2.75) is 25.3 Å². The average molecular weight is 311 g/mol. The largest absolute Gasteiger partial charge is 0.478 e. The van der Waals surface area contributed by atoms with Gasteiger partial charge in [0.05, 0.1) is 29.9 Å². The summed E-state index contributed by atoms with van der Waals surface area (Å²) >= 11 is 0. The van der Waals surface area contributed by atoms with Crippen LogP contribution < -0.4 is 15.2 Å². The second-order valence-corrected chi connectivity index (χ2v) is 5.87. The molecule has 0 radical (unpaired) electrons. The van der Waals surface area contributed by atoms with E-state index in [0.717, 1.165) is 0 Å². The van der Waals surface area contributed by atoms with E-state index in [1.165, 1.54) is 6.20 Å². The van der Waals surface area contributed by atoms with Crippen molar-refractivity contribution in [1.82, 2.24) is 15.2 Å². The number of rotatable bonds is 6. The molecule has 0 atom stereocenters. The number of nitrogens with two attached hydrogens (primary N) is 1. The number of pyridine rings is 1. The topological polar surface area (TPSA) is 123 Å². The number of nitrogens with zero attached hydrogens (tertiary/aromatic N) is 2. The van der Waals surface area contributed by atoms with Gasteiger partial charge in [-0.3, -0.25) is 9.82 Å². The van der Waals surface area contributed by atoms with E-state index in [2.05, 4.69) is 19.9 Å². The highest BCUT2D eigenvalue weighted by molar-refractivity contribution is 7.92. The molecule has 2 aromatic heterocycles. The molecule has 0 amide bonds. The maximum Gasteiger partial charge on any atom is 0.265 e. The molecule has 0 bridgehead atoms. The third-order valence-electron chi connectivity index (χ3n) is 2.70. The van der Waals surface area contributed by atoms with E-state index in [9.17, 15) is 8.42 Å². The first-order valence-electron chi connectivity index (χ1n) is 6.33. The summed E-state index contributed by atoms with van der Waals surface area (Å²) in [4.78, 5) is 4.07. The Bertz CT molecular complexity index is 709. The van der Waals surface area contributed by atoms with Gasteiger partial charge >= 0.3 is 0 Å². The van der Waals surface area contributed by atoms with Gasteiger partial charge in [-0.2, -0.15) is 5.10 Å². The fourth-order valence-electron chi connectivity index (χ4n) is 1.84. The predicted octanol–water partition coefficient (Wildman–Crippen LogP) is 0.771. The normalized spacial score (nSPS) is 11.4. The fourth-order valence-corrected chi connectivity index (χ4v) is 3.27. The molecular weight excluding hydrogens is 294 g/mol. The Hall–Kier alpha value is -2.13. The minimum Gasteiger partial charge on any atom is -0.478 e. The number of H-pyrrole nitrogens is 1. The third kappa shape index (κ3) is 3.31. The zero-order chi connectivity index (χ0) is 15.5. The van der Waals surface area contributed by atoms with E-state index in [-0.39, 0.29) is 11.4 Å². The molecule has 0 aromatic carbocycles. The van der Waals surface area contributed by atoms with Crippen LogP contribution in [-0.2, 0) is 16.6 Å². The van der Waals surface area contributed by atoms with Crippen molar-refractivity contribution in [2.24, 2.45) is 5.73 Å². The number of aryl methyl sites for hydroxylation is 1. The fraction of sp³-hybridized carbons (Fsp3) is 0.333. The first-order chi connectivity index (χ1) is 9.97. The lowest BCUT2D eigenvalue weighted by Crippen LogP contribution is -2.16. The molecule has 0 saturated heterocycles. The van der Waals surface area contributed by atoms with Crippen molar-refractivity contribution in [3.05, 3.63) is 29.7 Å². The SMILES string of the molecule is CCOc1ccc(NS(=O)(=O)c2c(CN)n[nH]c2C)cn1. The summed E-state index contributed by atoms with van der Waals surface area (Å²) in [7, 11) is -3.77. The van der Waals surface area contributed by atoms with E-state index >= 15 is 0 Å². The molecule has 0 aliphatic heterocycles. The Morgan fingerprint density at radius 1 is 1.43 bits per heavy atom. The van der Waals surface area contributed by atoms with Gasteiger partial charge in [0, 0.05) is 12.6 Å². The number of anilines is 1. The van der Waals surface area contributed by atoms with Crippen LogP contribution in [0, 0.1) is 6.92 Å². The summed E-state index contributed by atoms with van der Waals surface area (Å²) in [6.45, 7) is 3.99. The summed E-state index contributed by atoms with van der Waals surface area (Å²) in [6, 6.07) is 3.17. The molecule has 114 valence electrons. The van der Waals surface area contributed by atoms with Gasteiger partial charge in [0.1, 0.15) is 4.90 Å². The van der Waals surface area contributed by atoms with Gasteiger partial charge in [-0.25, -0.2) is 13.4 Å². The molecular formula is C12H17N5O3S. The lowest BCUT2D eigenvalue weighted by atomic mass is 10.4. The van der Waals surface area contributed by atoms with Crippen LogP contribution in [0.4, 0.5) is 5.69 Å². The zero-order valence-electron chi connectivity index (χ0n) is 11.8. The average Bonchev–Trinajstić information content (AvgIpc) is 2.83. The second-order valence-electron chi connectivity index (χ2n) is 4.25. The number of aromatic amines is 1. The van der Waals surface area contributed by atoms with E-state index in [0.29, 0.717) is 29.6 Å². The Labute approximate surface area is 122 Å². The second kappa shape index (κ2) is 6.10. The third-order valence-corrected chi connectivity index (χ3v) is 4.29. The number of aromatic nitrogens is 3. The Kier molecular flexibility index (Phi) is 4.43. The quantitative estimate of drug-likeness (QED) is 0.724. The van der Waals surface area contributed by atoms with Crippen LogP contribution in [0.1, 0.15) is 18.3 Å². The highest BCUT2D eigenvalue weighted by atomic mass is 32.2. The summed E-state index contributed by atoms with van der Waals surface area (Å²) in [5, 5.41) is 6.50. The van der Waals surface area contributed by atoms with Crippen molar-refractivity contribution >= 4 is 15.7 Å². The van der Waals surface area contributed by atoms with Gasteiger partial charge in [-0.15, -0.1) is 0 Å². The van der Waals surface area contributed by atoms with Crippen LogP contribution in [0.25, 0.3) is 0 Å². The van der Waals surface area contributed by atoms with Crippen molar-refractivity contribution in [2.75, 3.05) is 11.3 Å². The van der Waals surface area contributed by atoms with E-state index in [4.69, 9.17) is 10.5 Å². The van der Waals surface area contributed by atoms with Crippen LogP contribution in [0.5, 0.6) is 5.88 Å². The lowest BCUT2D eigenvalue weighted by Gasteiger charge is -2.09. The van der Waals surface area contributed by atoms with E-state index in [1.54, 1.807) is 19.1 Å². The minimum atomic E-state index is -3.77. The molecule has 0 saturated carbocycles. The molecule has 2 rings (SSSR count). The van der Waals surface area contributed by atoms with Gasteiger partial charge in [-0.05, 0) is 19.9 Å². The lowest BCUT2D eigenvalue weighted by molar-refractivity contribution is 0.327. The molecule has 0 aliphatic rings. The molecule has 0 unspecified atom stereocenters. The number of ether oxygens (including phenoxy) is 1. The first-order valence-corrected chi connectivity index (χ1v) is 7.81. The summed E-state index contributed by atoms with van der Waals surface area (Å²) < 4.78 is 32.4. The standard InChI is InChI=1S/C12H17N5O3S/c1-3-20-11-5-4-9(7-14-11)17-21(18,19)12-8(2)15-16-10(12)6-13/h4-5,7,17H,3,6,13H2,1-2H3,(H,15,16). The molecule has 9 heteroatoms. The van der Waals surface area contributed by atoms with Gasteiger partial charge < -0.3 is 10.5 Å². The molecule has 4 N–H and O–H groups in total. The molecule has 21 heavy (non-hydrogen) atoms. The van der Waals surface area contributed by atoms with Gasteiger partial charge in [0.15, 0.2) is 0 Å². The maximum absolute atomic E-state index is 12.4. The minimum absolute atomic E-state index is 0.0299. The monoisotopic (exact) mass is 311 g/mol. The van der Waals surface area contributed by atoms with Crippen LogP contribution in [-0.4, -0.2) is 30.2 Å². The van der Waals surface area contributed by atoms with Gasteiger partial charge in [0.25, 0.3) is 10.0 Å². The summed E-state index contributed by atoms with van der Waals surface area (Å²) in [6.07, 6.45) is 1.39. The van der Waals surface area contributed by atoms with Crippen molar-refractivity contribution in [3.63, 3.8) is 0 Å². The number of hydrogen-bond donors (Lipinski definition) is 3. The Morgan fingerprint density at radius 2 is 2.19 bits per heavy atom. The zero-order valence-corrected chi connectivity index (χ0v) is 12.6. The van der Waals surface area contributed by atoms with Gasteiger partial charge in [0.2, 0.25) is 5.88 Å². The van der Waals surface area contributed by atoms with Crippen molar-refractivity contribution in [3.8, 4) is 5.88 Å². The predicted molar refractivity (Wildman–Crippen MR) is 77.4 cm³/mol. The van der Waals surface area contributed by atoms with Crippen LogP contribution in [0.2, 0.25) is 0 Å². The van der Waals surface area contributed by atoms with Crippen LogP contribution in [0.3, 0.4) is 0 Å².